The second-order valence-corrected chi connectivity index (χ2v) is 6.09. The lowest BCUT2D eigenvalue weighted by Gasteiger charge is -2.15. The first-order chi connectivity index (χ1) is 9.25. The molecule has 0 amide bonds. The first kappa shape index (κ1) is 14.4. The van der Waals surface area contributed by atoms with E-state index in [9.17, 15) is 0 Å². The van der Waals surface area contributed by atoms with Crippen LogP contribution in [0.15, 0.2) is 24.3 Å². The fraction of sp³-hybridized carbons (Fsp3) is 0.647. The van der Waals surface area contributed by atoms with Gasteiger partial charge in [-0.3, -0.25) is 0 Å². The van der Waals surface area contributed by atoms with Crippen LogP contribution in [-0.2, 0) is 6.54 Å². The number of hydrogen-bond acceptors (Lipinski definition) is 2. The van der Waals surface area contributed by atoms with Crippen molar-refractivity contribution in [2.75, 3.05) is 13.2 Å². The predicted molar refractivity (Wildman–Crippen MR) is 80.4 cm³/mol. The van der Waals surface area contributed by atoms with Crippen LogP contribution >= 0.6 is 0 Å². The molecule has 0 radical (unpaired) electrons. The van der Waals surface area contributed by atoms with Crippen molar-refractivity contribution in [3.8, 4) is 5.75 Å². The fourth-order valence-corrected chi connectivity index (χ4v) is 2.67. The van der Waals surface area contributed by atoms with E-state index in [1.807, 2.05) is 0 Å². The van der Waals surface area contributed by atoms with E-state index in [0.29, 0.717) is 5.92 Å². The van der Waals surface area contributed by atoms with Gasteiger partial charge in [-0.05, 0) is 37.3 Å². The first-order valence-corrected chi connectivity index (χ1v) is 7.67. The third-order valence-corrected chi connectivity index (χ3v) is 3.79. The maximum absolute atomic E-state index is 6.04. The van der Waals surface area contributed by atoms with Crippen LogP contribution in [0.3, 0.4) is 0 Å². The zero-order valence-corrected chi connectivity index (χ0v) is 12.3. The third-order valence-electron chi connectivity index (χ3n) is 3.79. The molecule has 1 fully saturated rings. The summed E-state index contributed by atoms with van der Waals surface area (Å²) in [5.74, 6) is 2.52. The molecule has 1 aromatic carbocycles. The minimum Gasteiger partial charge on any atom is -0.493 e. The average molecular weight is 261 g/mol. The molecule has 2 heteroatoms. The van der Waals surface area contributed by atoms with Crippen molar-refractivity contribution in [1.82, 2.24) is 5.32 Å². The lowest BCUT2D eigenvalue weighted by atomic mass is 10.1. The highest BCUT2D eigenvalue weighted by Crippen LogP contribution is 2.26. The molecule has 0 saturated heterocycles. The third kappa shape index (κ3) is 4.87. The number of ether oxygens (including phenoxy) is 1. The van der Waals surface area contributed by atoms with E-state index in [1.54, 1.807) is 0 Å². The topological polar surface area (TPSA) is 21.3 Å². The van der Waals surface area contributed by atoms with E-state index in [1.165, 1.54) is 31.2 Å². The van der Waals surface area contributed by atoms with Crippen molar-refractivity contribution in [1.29, 1.82) is 0 Å². The smallest absolute Gasteiger partial charge is 0.123 e. The van der Waals surface area contributed by atoms with Crippen LogP contribution in [0.4, 0.5) is 0 Å². The number of benzene rings is 1. The SMILES string of the molecule is CC(C)CNCc1ccccc1OCC1CCCC1. The van der Waals surface area contributed by atoms with Crippen LogP contribution < -0.4 is 10.1 Å². The summed E-state index contributed by atoms with van der Waals surface area (Å²) in [7, 11) is 0. The van der Waals surface area contributed by atoms with Crippen LogP contribution in [0.2, 0.25) is 0 Å². The Hall–Kier alpha value is -1.02. The lowest BCUT2D eigenvalue weighted by molar-refractivity contribution is 0.249. The molecule has 0 atom stereocenters. The van der Waals surface area contributed by atoms with E-state index >= 15 is 0 Å². The van der Waals surface area contributed by atoms with Gasteiger partial charge < -0.3 is 10.1 Å². The second-order valence-electron chi connectivity index (χ2n) is 6.09. The number of para-hydroxylation sites is 1. The molecule has 0 heterocycles. The Morgan fingerprint density at radius 2 is 1.95 bits per heavy atom. The summed E-state index contributed by atoms with van der Waals surface area (Å²) < 4.78 is 6.04. The van der Waals surface area contributed by atoms with Crippen molar-refractivity contribution >= 4 is 0 Å². The number of nitrogens with one attached hydrogen (secondary N) is 1. The minimum absolute atomic E-state index is 0.687. The Labute approximate surface area is 117 Å². The molecule has 1 N–H and O–H groups in total. The molecule has 0 aromatic heterocycles. The van der Waals surface area contributed by atoms with Gasteiger partial charge in [0.15, 0.2) is 0 Å². The highest BCUT2D eigenvalue weighted by Gasteiger charge is 2.16. The predicted octanol–water partition coefficient (Wildman–Crippen LogP) is 4.00. The van der Waals surface area contributed by atoms with Gasteiger partial charge in [0.1, 0.15) is 5.75 Å². The lowest BCUT2D eigenvalue weighted by Crippen LogP contribution is -2.19. The van der Waals surface area contributed by atoms with Gasteiger partial charge in [0.2, 0.25) is 0 Å². The summed E-state index contributed by atoms with van der Waals surface area (Å²) in [5, 5.41) is 3.49. The van der Waals surface area contributed by atoms with E-state index < -0.39 is 0 Å². The zero-order valence-electron chi connectivity index (χ0n) is 12.3. The van der Waals surface area contributed by atoms with Crippen molar-refractivity contribution in [2.24, 2.45) is 11.8 Å². The van der Waals surface area contributed by atoms with Gasteiger partial charge in [0.25, 0.3) is 0 Å². The monoisotopic (exact) mass is 261 g/mol. The summed E-state index contributed by atoms with van der Waals surface area (Å²) in [6.45, 7) is 7.31. The molecular weight excluding hydrogens is 234 g/mol. The average Bonchev–Trinajstić information content (AvgIpc) is 2.90. The molecule has 0 unspecified atom stereocenters. The molecule has 19 heavy (non-hydrogen) atoms. The van der Waals surface area contributed by atoms with E-state index in [0.717, 1.165) is 31.4 Å². The maximum Gasteiger partial charge on any atom is 0.123 e. The first-order valence-electron chi connectivity index (χ1n) is 7.67. The van der Waals surface area contributed by atoms with Crippen LogP contribution in [0.25, 0.3) is 0 Å². The Kier molecular flexibility index (Phi) is 5.71. The largest absolute Gasteiger partial charge is 0.493 e. The van der Waals surface area contributed by atoms with E-state index in [4.69, 9.17) is 4.74 Å². The van der Waals surface area contributed by atoms with Crippen LogP contribution in [0.5, 0.6) is 5.75 Å². The van der Waals surface area contributed by atoms with Gasteiger partial charge in [0.05, 0.1) is 6.61 Å². The molecule has 2 rings (SSSR count). The van der Waals surface area contributed by atoms with E-state index in [-0.39, 0.29) is 0 Å². The number of hydrogen-bond donors (Lipinski definition) is 1. The molecule has 1 aliphatic carbocycles. The fourth-order valence-electron chi connectivity index (χ4n) is 2.67. The number of rotatable bonds is 7. The normalized spacial score (nSPS) is 16.2. The van der Waals surface area contributed by atoms with Gasteiger partial charge in [-0.1, -0.05) is 44.9 Å². The van der Waals surface area contributed by atoms with E-state index in [2.05, 4.69) is 43.4 Å². The zero-order chi connectivity index (χ0) is 13.5. The summed E-state index contributed by atoms with van der Waals surface area (Å²) >= 11 is 0. The highest BCUT2D eigenvalue weighted by molar-refractivity contribution is 5.33. The molecule has 0 aliphatic heterocycles. The molecule has 1 saturated carbocycles. The molecule has 2 nitrogen and oxygen atoms in total. The Morgan fingerprint density at radius 3 is 2.68 bits per heavy atom. The maximum atomic E-state index is 6.04. The van der Waals surface area contributed by atoms with Crippen molar-refractivity contribution < 1.29 is 4.74 Å². The van der Waals surface area contributed by atoms with Gasteiger partial charge >= 0.3 is 0 Å². The molecule has 0 spiro atoms. The standard InChI is InChI=1S/C17H27NO/c1-14(2)11-18-12-16-9-5-6-10-17(16)19-13-15-7-3-4-8-15/h5-6,9-10,14-15,18H,3-4,7-8,11-13H2,1-2H3. The van der Waals surface area contributed by atoms with Crippen LogP contribution in [0, 0.1) is 11.8 Å². The van der Waals surface area contributed by atoms with Crippen molar-refractivity contribution in [3.63, 3.8) is 0 Å². The van der Waals surface area contributed by atoms with Crippen molar-refractivity contribution in [2.45, 2.75) is 46.1 Å². The molecule has 0 bridgehead atoms. The van der Waals surface area contributed by atoms with Gasteiger partial charge in [0, 0.05) is 12.1 Å². The molecule has 1 aromatic rings. The highest BCUT2D eigenvalue weighted by atomic mass is 16.5. The summed E-state index contributed by atoms with van der Waals surface area (Å²) in [4.78, 5) is 0. The van der Waals surface area contributed by atoms with Crippen LogP contribution in [0.1, 0.15) is 45.1 Å². The molecule has 1 aliphatic rings. The van der Waals surface area contributed by atoms with Gasteiger partial charge in [-0.25, -0.2) is 0 Å². The molecular formula is C17H27NO. The Bertz CT molecular complexity index is 369. The molecule has 106 valence electrons. The quantitative estimate of drug-likeness (QED) is 0.801. The second kappa shape index (κ2) is 7.54. The van der Waals surface area contributed by atoms with Crippen molar-refractivity contribution in [3.05, 3.63) is 29.8 Å². The van der Waals surface area contributed by atoms with Gasteiger partial charge in [-0.15, -0.1) is 0 Å². The summed E-state index contributed by atoms with van der Waals surface area (Å²) in [6, 6.07) is 8.42. The Balaban J connectivity index is 1.84. The van der Waals surface area contributed by atoms with Crippen LogP contribution in [-0.4, -0.2) is 13.2 Å². The van der Waals surface area contributed by atoms with Gasteiger partial charge in [-0.2, -0.15) is 0 Å². The Morgan fingerprint density at radius 1 is 1.21 bits per heavy atom. The summed E-state index contributed by atoms with van der Waals surface area (Å²) in [5.41, 5.74) is 1.28. The minimum atomic E-state index is 0.687. The summed E-state index contributed by atoms with van der Waals surface area (Å²) in [6.07, 6.45) is 5.44.